The number of nitrogens with two attached hydrogens (primary N) is 1. The fraction of sp³-hybridized carbons (Fsp3) is 0.429. The van der Waals surface area contributed by atoms with Crippen LogP contribution in [-0.2, 0) is 11.4 Å². The van der Waals surface area contributed by atoms with Gasteiger partial charge in [0.25, 0.3) is 0 Å². The predicted octanol–water partition coefficient (Wildman–Crippen LogP) is 2.21. The first-order valence-electron chi connectivity index (χ1n) is 7.70. The maximum Gasteiger partial charge on any atom is 0.245 e. The van der Waals surface area contributed by atoms with Crippen LogP contribution in [0.4, 0.5) is 15.2 Å². The number of unbranched alkanes of at least 4 members (excludes halogenated alkanes) is 1. The first-order valence-corrected chi connectivity index (χ1v) is 10.0. The van der Waals surface area contributed by atoms with Gasteiger partial charge in [-0.2, -0.15) is 9.10 Å². The van der Waals surface area contributed by atoms with Crippen LogP contribution in [0, 0.1) is 5.82 Å². The van der Waals surface area contributed by atoms with Crippen molar-refractivity contribution in [1.82, 2.24) is 14.7 Å². The van der Waals surface area contributed by atoms with E-state index in [4.69, 9.17) is 17.3 Å². The molecule has 7 nitrogen and oxygen atoms in total. The number of anilines is 2. The van der Waals surface area contributed by atoms with E-state index in [0.717, 1.165) is 37.5 Å². The van der Waals surface area contributed by atoms with Crippen LogP contribution in [0.2, 0.25) is 5.02 Å². The van der Waals surface area contributed by atoms with E-state index in [0.29, 0.717) is 28.9 Å². The Bertz CT molecular complexity index is 649. The van der Waals surface area contributed by atoms with E-state index in [1.54, 1.807) is 0 Å². The Morgan fingerprint density at radius 2 is 2.08 bits per heavy atom. The van der Waals surface area contributed by atoms with Gasteiger partial charge in [0.2, 0.25) is 10.0 Å². The average molecular weight is 407 g/mol. The summed E-state index contributed by atoms with van der Waals surface area (Å²) >= 11 is 5.40. The highest BCUT2D eigenvalue weighted by Crippen LogP contribution is 2.29. The Morgan fingerprint density at radius 1 is 1.28 bits per heavy atom. The second kappa shape index (κ2) is 10.7. The molecule has 1 atom stereocenters. The molecule has 25 heavy (non-hydrogen) atoms. The summed E-state index contributed by atoms with van der Waals surface area (Å²) in [6.07, 6.45) is 3.20. The lowest BCUT2D eigenvalue weighted by atomic mass is 10.2. The van der Waals surface area contributed by atoms with Gasteiger partial charge in [0.15, 0.2) is 5.82 Å². The summed E-state index contributed by atoms with van der Waals surface area (Å²) in [5, 5.41) is 6.95. The molecule has 11 heteroatoms. The lowest BCUT2D eigenvalue weighted by molar-refractivity contribution is 0.569. The maximum atomic E-state index is 14.2. The number of benzene rings is 1. The molecule has 0 saturated heterocycles. The number of rotatable bonds is 11. The second-order valence-corrected chi connectivity index (χ2v) is 7.42. The van der Waals surface area contributed by atoms with Gasteiger partial charge in [-0.3, -0.25) is 0 Å². The normalized spacial score (nSPS) is 12.2. The molecule has 1 unspecified atom stereocenters. The minimum atomic E-state index is -1.80. The zero-order valence-corrected chi connectivity index (χ0v) is 15.8. The summed E-state index contributed by atoms with van der Waals surface area (Å²) in [6.45, 7) is 2.97. The van der Waals surface area contributed by atoms with E-state index in [1.807, 2.05) is 0 Å². The molecule has 0 saturated carbocycles. The summed E-state index contributed by atoms with van der Waals surface area (Å²) in [5.41, 5.74) is 5.87. The van der Waals surface area contributed by atoms with Gasteiger partial charge in [0.1, 0.15) is 17.7 Å². The third kappa shape index (κ3) is 6.57. The molecule has 2 rings (SSSR count). The Balaban J connectivity index is 1.86. The quantitative estimate of drug-likeness (QED) is 0.334. The van der Waals surface area contributed by atoms with Crippen LogP contribution in [0.5, 0.6) is 0 Å². The Kier molecular flexibility index (Phi) is 8.65. The number of nitrogens with one attached hydrogen (secondary N) is 3. The lowest BCUT2D eigenvalue weighted by Gasteiger charge is -2.13. The molecule has 0 radical (unpaired) electrons. The molecule has 0 aliphatic carbocycles. The molecule has 0 aliphatic heterocycles. The molecular weight excluding hydrogens is 387 g/mol. The molecule has 1 aromatic heterocycles. The van der Waals surface area contributed by atoms with Gasteiger partial charge >= 0.3 is 0 Å². The van der Waals surface area contributed by atoms with Crippen molar-refractivity contribution in [3.8, 4) is 0 Å². The summed E-state index contributed by atoms with van der Waals surface area (Å²) in [4.78, 5) is 3.82. The van der Waals surface area contributed by atoms with E-state index in [2.05, 4.69) is 24.7 Å². The number of halogens is 2. The van der Waals surface area contributed by atoms with Gasteiger partial charge in [-0.15, -0.1) is 0 Å². The van der Waals surface area contributed by atoms with Crippen molar-refractivity contribution >= 4 is 45.3 Å². The van der Waals surface area contributed by atoms with Crippen LogP contribution in [0.15, 0.2) is 23.4 Å². The molecule has 0 bridgehead atoms. The minimum absolute atomic E-state index is 0.0308. The highest BCUT2D eigenvalue weighted by Gasteiger charge is 2.21. The molecule has 1 heterocycles. The third-order valence-corrected chi connectivity index (χ3v) is 5.29. The standard InChI is InChI=1S/C14H20ClFN6OS2/c15-10-7-13(25(23)22-14-20-9-21-24-14)11(16)8-12(10)19-5-2-1-4-18-6-3-17/h7-9,18-19H,1-6,17H2,(H,20,21,22). The minimum Gasteiger partial charge on any atom is -0.588 e. The summed E-state index contributed by atoms with van der Waals surface area (Å²) in [5.74, 6) is -0.605. The molecule has 0 amide bonds. The van der Waals surface area contributed by atoms with Crippen LogP contribution in [-0.4, -0.2) is 40.1 Å². The molecule has 2 aromatic rings. The molecule has 138 valence electrons. The zero-order chi connectivity index (χ0) is 18.1. The van der Waals surface area contributed by atoms with Gasteiger partial charge in [0.05, 0.1) is 10.7 Å². The van der Waals surface area contributed by atoms with Crippen LogP contribution in [0.25, 0.3) is 0 Å². The van der Waals surface area contributed by atoms with Gasteiger partial charge in [-0.1, -0.05) is 11.6 Å². The van der Waals surface area contributed by atoms with Gasteiger partial charge in [-0.25, -0.2) is 9.37 Å². The Morgan fingerprint density at radius 3 is 2.80 bits per heavy atom. The number of hydrogen-bond donors (Lipinski definition) is 4. The fourth-order valence-corrected chi connectivity index (χ4v) is 3.73. The third-order valence-electron chi connectivity index (χ3n) is 3.18. The van der Waals surface area contributed by atoms with Crippen molar-refractivity contribution in [3.05, 3.63) is 29.3 Å². The molecule has 0 aliphatic rings. The molecule has 1 aromatic carbocycles. The van der Waals surface area contributed by atoms with Crippen molar-refractivity contribution in [2.75, 3.05) is 36.2 Å². The predicted molar refractivity (Wildman–Crippen MR) is 101 cm³/mol. The van der Waals surface area contributed by atoms with E-state index >= 15 is 0 Å². The largest absolute Gasteiger partial charge is 0.588 e. The van der Waals surface area contributed by atoms with Crippen LogP contribution in [0.1, 0.15) is 12.8 Å². The lowest BCUT2D eigenvalue weighted by Crippen LogP contribution is -2.23. The zero-order valence-electron chi connectivity index (χ0n) is 13.4. The smallest absolute Gasteiger partial charge is 0.245 e. The SMILES string of the molecule is NCCNCCCCNc1cc(F)c([S+]([O-])Nc2ncns2)cc1Cl. The molecular formula is C14H20ClFN6OS2. The van der Waals surface area contributed by atoms with Crippen LogP contribution < -0.4 is 21.1 Å². The van der Waals surface area contributed by atoms with Crippen LogP contribution >= 0.6 is 23.1 Å². The van der Waals surface area contributed by atoms with Crippen molar-refractivity contribution in [3.63, 3.8) is 0 Å². The Hall–Kier alpha value is -1.17. The van der Waals surface area contributed by atoms with Gasteiger partial charge in [-0.05, 0) is 19.4 Å². The van der Waals surface area contributed by atoms with Crippen molar-refractivity contribution < 1.29 is 8.94 Å². The Labute approximate surface area is 158 Å². The average Bonchev–Trinajstić information content (AvgIpc) is 3.09. The summed E-state index contributed by atoms with van der Waals surface area (Å²) in [7, 11) is 0. The number of aromatic nitrogens is 2. The van der Waals surface area contributed by atoms with E-state index in [-0.39, 0.29) is 4.90 Å². The van der Waals surface area contributed by atoms with Crippen molar-refractivity contribution in [2.45, 2.75) is 17.7 Å². The summed E-state index contributed by atoms with van der Waals surface area (Å²) < 4.78 is 32.8. The highest BCUT2D eigenvalue weighted by atomic mass is 35.5. The topological polar surface area (TPSA) is 111 Å². The molecule has 0 fully saturated rings. The fourth-order valence-electron chi connectivity index (χ4n) is 1.98. The molecule has 0 spiro atoms. The maximum absolute atomic E-state index is 14.2. The second-order valence-electron chi connectivity index (χ2n) is 5.05. The number of nitrogens with zero attached hydrogens (tertiary/aromatic N) is 2. The van der Waals surface area contributed by atoms with E-state index < -0.39 is 17.2 Å². The van der Waals surface area contributed by atoms with Crippen molar-refractivity contribution in [1.29, 1.82) is 0 Å². The number of hydrogen-bond acceptors (Lipinski definition) is 8. The highest BCUT2D eigenvalue weighted by molar-refractivity contribution is 7.93. The monoisotopic (exact) mass is 406 g/mol. The van der Waals surface area contributed by atoms with Gasteiger partial charge in [0, 0.05) is 43.3 Å². The van der Waals surface area contributed by atoms with Crippen LogP contribution in [0.3, 0.4) is 0 Å². The first kappa shape index (κ1) is 20.1. The van der Waals surface area contributed by atoms with Crippen molar-refractivity contribution in [2.24, 2.45) is 5.73 Å². The van der Waals surface area contributed by atoms with E-state index in [9.17, 15) is 8.94 Å². The summed E-state index contributed by atoms with van der Waals surface area (Å²) in [6, 6.07) is 2.61. The van der Waals surface area contributed by atoms with E-state index in [1.165, 1.54) is 18.5 Å². The molecule has 5 N–H and O–H groups in total. The first-order chi connectivity index (χ1) is 12.1. The van der Waals surface area contributed by atoms with Gasteiger partial charge < -0.3 is 20.9 Å².